The van der Waals surface area contributed by atoms with Crippen molar-refractivity contribution in [2.75, 3.05) is 13.1 Å². The number of amides is 1. The molecule has 12 heteroatoms. The number of non-ortho nitro benzene ring substituents is 1. The number of hydrogen-bond donors (Lipinski definition) is 0. The predicted octanol–water partition coefficient (Wildman–Crippen LogP) is 3.34. The standard InChI is InChI=1S/C23H24N4O6S2/c1-4-11-26-20-10-7-18(27(29)30)12-21(20)34-23(26)24-22(28)17-5-8-19(9-6-17)35(31,32)25-13-15(2)33-16(3)14-25/h4-10,12,15-16H,1,11,13-14H2,2-3H3. The Morgan fingerprint density at radius 2 is 1.89 bits per heavy atom. The van der Waals surface area contributed by atoms with Crippen molar-refractivity contribution in [1.82, 2.24) is 8.87 Å². The Balaban J connectivity index is 1.65. The molecule has 0 N–H and O–H groups in total. The molecule has 0 aliphatic carbocycles. The highest BCUT2D eigenvalue weighted by molar-refractivity contribution is 7.89. The van der Waals surface area contributed by atoms with E-state index in [1.807, 2.05) is 13.8 Å². The topological polar surface area (TPSA) is 124 Å². The van der Waals surface area contributed by atoms with Crippen LogP contribution in [-0.2, 0) is 21.3 Å². The first-order valence-corrected chi connectivity index (χ1v) is 13.1. The van der Waals surface area contributed by atoms with E-state index in [-0.39, 0.29) is 41.4 Å². The van der Waals surface area contributed by atoms with Gasteiger partial charge in [-0.05, 0) is 44.2 Å². The Morgan fingerprint density at radius 3 is 2.49 bits per heavy atom. The van der Waals surface area contributed by atoms with Crippen LogP contribution in [0.25, 0.3) is 10.2 Å². The molecule has 3 aromatic rings. The van der Waals surface area contributed by atoms with Crippen molar-refractivity contribution in [2.45, 2.75) is 37.5 Å². The molecule has 2 aromatic carbocycles. The fraction of sp³-hybridized carbons (Fsp3) is 0.304. The number of carbonyl (C=O) groups excluding carboxylic acids is 1. The van der Waals surface area contributed by atoms with Gasteiger partial charge in [0.05, 0.1) is 32.2 Å². The van der Waals surface area contributed by atoms with E-state index in [4.69, 9.17) is 4.74 Å². The summed E-state index contributed by atoms with van der Waals surface area (Å²) in [6.07, 6.45) is 1.22. The molecule has 0 spiro atoms. The van der Waals surface area contributed by atoms with Crippen molar-refractivity contribution in [3.63, 3.8) is 0 Å². The first-order chi connectivity index (χ1) is 16.6. The fourth-order valence-electron chi connectivity index (χ4n) is 3.96. The number of rotatable bonds is 6. The number of thiazole rings is 1. The maximum Gasteiger partial charge on any atom is 0.279 e. The van der Waals surface area contributed by atoms with Gasteiger partial charge in [0.15, 0.2) is 4.80 Å². The summed E-state index contributed by atoms with van der Waals surface area (Å²) < 4.78 is 35.5. The highest BCUT2D eigenvalue weighted by Gasteiger charge is 2.32. The molecule has 1 amide bonds. The van der Waals surface area contributed by atoms with Crippen LogP contribution in [0.5, 0.6) is 0 Å². The van der Waals surface area contributed by atoms with Crippen molar-refractivity contribution < 1.29 is 22.9 Å². The van der Waals surface area contributed by atoms with Crippen molar-refractivity contribution in [3.8, 4) is 0 Å². The molecule has 1 saturated heterocycles. The number of nitrogens with zero attached hydrogens (tertiary/aromatic N) is 4. The third-order valence-electron chi connectivity index (χ3n) is 5.51. The number of benzene rings is 2. The molecule has 2 heterocycles. The number of aromatic nitrogens is 1. The third kappa shape index (κ3) is 5.10. The lowest BCUT2D eigenvalue weighted by Crippen LogP contribution is -2.48. The minimum Gasteiger partial charge on any atom is -0.373 e. The van der Waals surface area contributed by atoms with Crippen molar-refractivity contribution in [3.05, 3.63) is 75.6 Å². The van der Waals surface area contributed by atoms with Gasteiger partial charge in [-0.25, -0.2) is 8.42 Å². The number of nitro benzene ring substituents is 1. The number of nitro groups is 1. The molecule has 4 rings (SSSR count). The van der Waals surface area contributed by atoms with Crippen molar-refractivity contribution >= 4 is 43.2 Å². The smallest absolute Gasteiger partial charge is 0.279 e. The van der Waals surface area contributed by atoms with Crippen LogP contribution >= 0.6 is 11.3 Å². The minimum atomic E-state index is -3.73. The molecule has 35 heavy (non-hydrogen) atoms. The Hall–Kier alpha value is -3.19. The first-order valence-electron chi connectivity index (χ1n) is 10.8. The van der Waals surface area contributed by atoms with E-state index in [0.717, 1.165) is 11.3 Å². The van der Waals surface area contributed by atoms with Gasteiger partial charge < -0.3 is 9.30 Å². The molecule has 0 radical (unpaired) electrons. The number of allylic oxidation sites excluding steroid dienone is 1. The van der Waals surface area contributed by atoms with Crippen molar-refractivity contribution in [1.29, 1.82) is 0 Å². The molecule has 2 atom stereocenters. The highest BCUT2D eigenvalue weighted by atomic mass is 32.2. The van der Waals surface area contributed by atoms with E-state index in [0.29, 0.717) is 21.6 Å². The Morgan fingerprint density at radius 1 is 1.23 bits per heavy atom. The van der Waals surface area contributed by atoms with Gasteiger partial charge in [0.1, 0.15) is 0 Å². The minimum absolute atomic E-state index is 0.0526. The fourth-order valence-corrected chi connectivity index (χ4v) is 6.62. The van der Waals surface area contributed by atoms with E-state index in [9.17, 15) is 23.3 Å². The summed E-state index contributed by atoms with van der Waals surface area (Å²) in [5.74, 6) is -0.554. The average Bonchev–Trinajstić information content (AvgIpc) is 3.14. The quantitative estimate of drug-likeness (QED) is 0.281. The van der Waals surface area contributed by atoms with Gasteiger partial charge in [-0.3, -0.25) is 14.9 Å². The predicted molar refractivity (Wildman–Crippen MR) is 132 cm³/mol. The highest BCUT2D eigenvalue weighted by Crippen LogP contribution is 2.24. The summed E-state index contributed by atoms with van der Waals surface area (Å²) in [6, 6.07) is 10.1. The number of carbonyl (C=O) groups is 1. The number of ether oxygens (including phenoxy) is 1. The summed E-state index contributed by atoms with van der Waals surface area (Å²) >= 11 is 1.15. The monoisotopic (exact) mass is 516 g/mol. The van der Waals surface area contributed by atoms with Gasteiger partial charge in [-0.15, -0.1) is 6.58 Å². The molecular weight excluding hydrogens is 492 g/mol. The van der Waals surface area contributed by atoms with Gasteiger partial charge in [0.2, 0.25) is 10.0 Å². The second-order valence-corrected chi connectivity index (χ2v) is 11.2. The van der Waals surface area contributed by atoms with Gasteiger partial charge in [-0.1, -0.05) is 17.4 Å². The molecule has 1 fully saturated rings. The molecular formula is C23H24N4O6S2. The van der Waals surface area contributed by atoms with Crippen LogP contribution in [-0.4, -0.2) is 53.4 Å². The summed E-state index contributed by atoms with van der Waals surface area (Å²) in [7, 11) is -3.73. The second kappa shape index (κ2) is 9.82. The lowest BCUT2D eigenvalue weighted by atomic mass is 10.2. The zero-order valence-corrected chi connectivity index (χ0v) is 20.8. The van der Waals surface area contributed by atoms with Crippen LogP contribution in [0.3, 0.4) is 0 Å². The van der Waals surface area contributed by atoms with Gasteiger partial charge in [-0.2, -0.15) is 9.30 Å². The Kier molecular flexibility index (Phi) is 6.99. The first kappa shape index (κ1) is 24.9. The molecule has 2 unspecified atom stereocenters. The number of sulfonamides is 1. The maximum absolute atomic E-state index is 13.0. The van der Waals surface area contributed by atoms with E-state index in [1.165, 1.54) is 40.7 Å². The van der Waals surface area contributed by atoms with E-state index in [2.05, 4.69) is 11.6 Å². The molecule has 0 saturated carbocycles. The van der Waals surface area contributed by atoms with E-state index >= 15 is 0 Å². The SMILES string of the molecule is C=CCn1c(=NC(=O)c2ccc(S(=O)(=O)N3CC(C)OC(C)C3)cc2)sc2cc([N+](=O)[O-])ccc21. The number of morpholine rings is 1. The largest absolute Gasteiger partial charge is 0.373 e. The van der Waals surface area contributed by atoms with Crippen molar-refractivity contribution in [2.24, 2.45) is 4.99 Å². The Bertz CT molecular complexity index is 1460. The zero-order valence-electron chi connectivity index (χ0n) is 19.2. The second-order valence-electron chi connectivity index (χ2n) is 8.21. The summed E-state index contributed by atoms with van der Waals surface area (Å²) in [5, 5.41) is 11.1. The molecule has 184 valence electrons. The molecule has 1 aromatic heterocycles. The van der Waals surface area contributed by atoms with E-state index < -0.39 is 20.9 Å². The molecule has 0 bridgehead atoms. The van der Waals surface area contributed by atoms with Crippen LogP contribution in [0.1, 0.15) is 24.2 Å². The number of fused-ring (bicyclic) bond motifs is 1. The summed E-state index contributed by atoms with van der Waals surface area (Å²) in [5.41, 5.74) is 0.868. The third-order valence-corrected chi connectivity index (χ3v) is 8.40. The number of hydrogen-bond acceptors (Lipinski definition) is 7. The lowest BCUT2D eigenvalue weighted by molar-refractivity contribution is -0.384. The normalized spacial score (nSPS) is 19.7. The van der Waals surface area contributed by atoms with Crippen LogP contribution in [0.15, 0.2) is 65.0 Å². The summed E-state index contributed by atoms with van der Waals surface area (Å²) in [6.45, 7) is 8.26. The van der Waals surface area contributed by atoms with E-state index in [1.54, 1.807) is 16.7 Å². The van der Waals surface area contributed by atoms with Crippen LogP contribution in [0, 0.1) is 10.1 Å². The van der Waals surface area contributed by atoms with Gasteiger partial charge in [0, 0.05) is 37.3 Å². The van der Waals surface area contributed by atoms with Crippen LogP contribution < -0.4 is 4.80 Å². The zero-order chi connectivity index (χ0) is 25.3. The molecule has 10 nitrogen and oxygen atoms in total. The van der Waals surface area contributed by atoms with Gasteiger partial charge in [0.25, 0.3) is 11.6 Å². The molecule has 1 aliphatic rings. The Labute approximate surface area is 206 Å². The van der Waals surface area contributed by atoms with Crippen LogP contribution in [0.2, 0.25) is 0 Å². The summed E-state index contributed by atoms with van der Waals surface area (Å²) in [4.78, 5) is 28.2. The lowest BCUT2D eigenvalue weighted by Gasteiger charge is -2.34. The maximum atomic E-state index is 13.0. The van der Waals surface area contributed by atoms with Gasteiger partial charge >= 0.3 is 0 Å². The average molecular weight is 517 g/mol. The van der Waals surface area contributed by atoms with Crippen LogP contribution in [0.4, 0.5) is 5.69 Å². The molecule has 1 aliphatic heterocycles.